The van der Waals surface area contributed by atoms with Crippen molar-refractivity contribution in [3.63, 3.8) is 0 Å². The SMILES string of the molecule is CCCCC1(OC(=O)C(C)(CC)CC(C)C)CC2CC1C1CCCC21. The number of fused-ring (bicyclic) bond motifs is 5. The molecule has 3 fully saturated rings. The molecule has 3 saturated carbocycles. The highest BCUT2D eigenvalue weighted by Gasteiger charge is 2.62. The minimum absolute atomic E-state index is 0.0990. The fourth-order valence-corrected chi connectivity index (χ4v) is 6.73. The number of hydrogen-bond donors (Lipinski definition) is 0. The van der Waals surface area contributed by atoms with E-state index < -0.39 is 0 Å². The van der Waals surface area contributed by atoms with Crippen LogP contribution in [0.25, 0.3) is 0 Å². The number of carbonyl (C=O) groups is 1. The predicted octanol–water partition coefficient (Wildman–Crippen LogP) is 6.38. The Kier molecular flexibility index (Phi) is 5.57. The lowest BCUT2D eigenvalue weighted by molar-refractivity contribution is -0.184. The molecule has 6 atom stereocenters. The van der Waals surface area contributed by atoms with Crippen molar-refractivity contribution in [2.24, 2.45) is 35.0 Å². The molecule has 2 nitrogen and oxygen atoms in total. The van der Waals surface area contributed by atoms with Crippen LogP contribution in [-0.2, 0) is 9.53 Å². The van der Waals surface area contributed by atoms with Crippen LogP contribution in [-0.4, -0.2) is 11.6 Å². The molecule has 0 aromatic rings. The van der Waals surface area contributed by atoms with E-state index in [4.69, 9.17) is 4.74 Å². The zero-order valence-corrected chi connectivity index (χ0v) is 17.3. The van der Waals surface area contributed by atoms with Crippen LogP contribution in [0.5, 0.6) is 0 Å². The monoisotopic (exact) mass is 348 g/mol. The average Bonchev–Trinajstić information content (AvgIpc) is 3.24. The molecule has 2 bridgehead atoms. The molecule has 0 spiro atoms. The molecule has 144 valence electrons. The Morgan fingerprint density at radius 2 is 1.96 bits per heavy atom. The van der Waals surface area contributed by atoms with Crippen LogP contribution < -0.4 is 0 Å². The van der Waals surface area contributed by atoms with Gasteiger partial charge in [0.1, 0.15) is 5.60 Å². The zero-order valence-electron chi connectivity index (χ0n) is 17.3. The highest BCUT2D eigenvalue weighted by molar-refractivity contribution is 5.77. The van der Waals surface area contributed by atoms with Gasteiger partial charge in [0.15, 0.2) is 0 Å². The fourth-order valence-electron chi connectivity index (χ4n) is 6.73. The number of hydrogen-bond acceptors (Lipinski definition) is 2. The summed E-state index contributed by atoms with van der Waals surface area (Å²) < 4.78 is 6.56. The molecule has 0 N–H and O–H groups in total. The topological polar surface area (TPSA) is 26.3 Å². The molecular formula is C23H40O2. The Hall–Kier alpha value is -0.530. The smallest absolute Gasteiger partial charge is 0.312 e. The Labute approximate surface area is 155 Å². The Morgan fingerprint density at radius 3 is 2.60 bits per heavy atom. The van der Waals surface area contributed by atoms with E-state index in [0.717, 1.165) is 43.4 Å². The Balaban J connectivity index is 1.79. The van der Waals surface area contributed by atoms with Gasteiger partial charge in [0.05, 0.1) is 5.41 Å². The van der Waals surface area contributed by atoms with Gasteiger partial charge in [-0.25, -0.2) is 0 Å². The van der Waals surface area contributed by atoms with Crippen LogP contribution in [0.15, 0.2) is 0 Å². The first-order chi connectivity index (χ1) is 11.8. The summed E-state index contributed by atoms with van der Waals surface area (Å²) in [5.74, 6) is 3.92. The second-order valence-electron chi connectivity index (χ2n) is 10.1. The van der Waals surface area contributed by atoms with Gasteiger partial charge < -0.3 is 4.74 Å². The fraction of sp³-hybridized carbons (Fsp3) is 0.957. The third kappa shape index (κ3) is 3.39. The molecule has 0 saturated heterocycles. The van der Waals surface area contributed by atoms with E-state index in [1.807, 2.05) is 0 Å². The van der Waals surface area contributed by atoms with Crippen LogP contribution in [0.2, 0.25) is 0 Å². The molecular weight excluding hydrogens is 308 g/mol. The summed E-state index contributed by atoms with van der Waals surface area (Å²) in [6, 6.07) is 0. The van der Waals surface area contributed by atoms with Gasteiger partial charge in [-0.05, 0) is 82.0 Å². The summed E-state index contributed by atoms with van der Waals surface area (Å²) in [5, 5.41) is 0. The molecule has 25 heavy (non-hydrogen) atoms. The Bertz CT molecular complexity index is 484. The maximum Gasteiger partial charge on any atom is 0.312 e. The van der Waals surface area contributed by atoms with Crippen molar-refractivity contribution < 1.29 is 9.53 Å². The van der Waals surface area contributed by atoms with Gasteiger partial charge in [-0.2, -0.15) is 0 Å². The summed E-state index contributed by atoms with van der Waals surface area (Å²) in [5.41, 5.74) is -0.443. The standard InChI is InChI=1S/C23H40O2/c1-6-8-12-23(25-21(24)22(5,7-2)14-16(3)4)15-17-13-20(23)19-11-9-10-18(17)19/h16-20H,6-15H2,1-5H3. The first-order valence-electron chi connectivity index (χ1n) is 11.1. The van der Waals surface area contributed by atoms with Gasteiger partial charge >= 0.3 is 5.97 Å². The van der Waals surface area contributed by atoms with E-state index in [0.29, 0.717) is 11.8 Å². The molecule has 6 unspecified atom stereocenters. The quantitative estimate of drug-likeness (QED) is 0.476. The van der Waals surface area contributed by atoms with Crippen LogP contribution in [0, 0.1) is 35.0 Å². The van der Waals surface area contributed by atoms with Crippen LogP contribution in [0.4, 0.5) is 0 Å². The third-order valence-corrected chi connectivity index (χ3v) is 7.97. The molecule has 0 radical (unpaired) electrons. The number of carbonyl (C=O) groups excluding carboxylic acids is 1. The average molecular weight is 349 g/mol. The molecule has 3 aliphatic rings. The van der Waals surface area contributed by atoms with E-state index in [9.17, 15) is 4.79 Å². The molecule has 0 amide bonds. The number of ether oxygens (including phenoxy) is 1. The number of esters is 1. The second-order valence-corrected chi connectivity index (χ2v) is 10.1. The molecule has 3 aliphatic carbocycles. The van der Waals surface area contributed by atoms with Crippen molar-refractivity contribution in [1.82, 2.24) is 0 Å². The van der Waals surface area contributed by atoms with Gasteiger partial charge in [0.25, 0.3) is 0 Å². The van der Waals surface area contributed by atoms with Crippen LogP contribution in [0.1, 0.15) is 98.8 Å². The lowest BCUT2D eigenvalue weighted by atomic mass is 9.70. The zero-order chi connectivity index (χ0) is 18.2. The highest BCUT2D eigenvalue weighted by atomic mass is 16.6. The lowest BCUT2D eigenvalue weighted by Gasteiger charge is -2.44. The highest BCUT2D eigenvalue weighted by Crippen LogP contribution is 2.64. The first kappa shape index (κ1) is 19.2. The summed E-state index contributed by atoms with van der Waals surface area (Å²) in [4.78, 5) is 13.3. The third-order valence-electron chi connectivity index (χ3n) is 7.97. The Morgan fingerprint density at radius 1 is 1.24 bits per heavy atom. The maximum absolute atomic E-state index is 13.3. The second kappa shape index (κ2) is 7.24. The number of rotatable bonds is 8. The summed E-state index contributed by atoms with van der Waals surface area (Å²) in [6.07, 6.45) is 12.0. The minimum atomic E-state index is -0.315. The van der Waals surface area contributed by atoms with Gasteiger partial charge in [-0.15, -0.1) is 0 Å². The first-order valence-corrected chi connectivity index (χ1v) is 11.1. The van der Waals surface area contributed by atoms with E-state index in [-0.39, 0.29) is 17.0 Å². The molecule has 0 aromatic heterocycles. The van der Waals surface area contributed by atoms with Crippen molar-refractivity contribution in [2.75, 3.05) is 0 Å². The molecule has 0 heterocycles. The lowest BCUT2D eigenvalue weighted by Crippen LogP contribution is -2.48. The van der Waals surface area contributed by atoms with Gasteiger partial charge in [-0.1, -0.05) is 40.5 Å². The van der Waals surface area contributed by atoms with Crippen molar-refractivity contribution in [3.8, 4) is 0 Å². The van der Waals surface area contributed by atoms with Gasteiger partial charge in [-0.3, -0.25) is 4.79 Å². The summed E-state index contributed by atoms with van der Waals surface area (Å²) in [7, 11) is 0. The molecule has 0 aromatic carbocycles. The molecule has 3 rings (SSSR count). The van der Waals surface area contributed by atoms with Crippen molar-refractivity contribution in [2.45, 2.75) is 104 Å². The van der Waals surface area contributed by atoms with Crippen molar-refractivity contribution in [3.05, 3.63) is 0 Å². The molecule has 0 aliphatic heterocycles. The van der Waals surface area contributed by atoms with Crippen molar-refractivity contribution >= 4 is 5.97 Å². The molecule has 2 heteroatoms. The largest absolute Gasteiger partial charge is 0.458 e. The van der Waals surface area contributed by atoms with Gasteiger partial charge in [0, 0.05) is 5.92 Å². The van der Waals surface area contributed by atoms with E-state index in [1.54, 1.807) is 0 Å². The van der Waals surface area contributed by atoms with E-state index in [2.05, 4.69) is 34.6 Å². The van der Waals surface area contributed by atoms with Crippen molar-refractivity contribution in [1.29, 1.82) is 0 Å². The number of unbranched alkanes of at least 4 members (excludes halogenated alkanes) is 1. The van der Waals surface area contributed by atoms with E-state index >= 15 is 0 Å². The van der Waals surface area contributed by atoms with Gasteiger partial charge in [0.2, 0.25) is 0 Å². The summed E-state index contributed by atoms with van der Waals surface area (Å²) in [6.45, 7) is 11.0. The predicted molar refractivity (Wildman–Crippen MR) is 103 cm³/mol. The minimum Gasteiger partial charge on any atom is -0.458 e. The van der Waals surface area contributed by atoms with Crippen LogP contribution >= 0.6 is 0 Å². The normalized spacial score (nSPS) is 38.8. The van der Waals surface area contributed by atoms with E-state index in [1.165, 1.54) is 38.5 Å². The maximum atomic E-state index is 13.3. The summed E-state index contributed by atoms with van der Waals surface area (Å²) >= 11 is 0. The van der Waals surface area contributed by atoms with Crippen LogP contribution in [0.3, 0.4) is 0 Å².